The second-order valence-corrected chi connectivity index (χ2v) is 5.73. The Morgan fingerprint density at radius 3 is 2.81 bits per heavy atom. The van der Waals surface area contributed by atoms with Crippen molar-refractivity contribution in [3.63, 3.8) is 0 Å². The van der Waals surface area contributed by atoms with Gasteiger partial charge >= 0.3 is 0 Å². The summed E-state index contributed by atoms with van der Waals surface area (Å²) in [6, 6.07) is 10.1. The van der Waals surface area contributed by atoms with E-state index in [9.17, 15) is 0 Å². The van der Waals surface area contributed by atoms with E-state index in [1.165, 1.54) is 10.9 Å². The molecule has 0 spiro atoms. The van der Waals surface area contributed by atoms with Crippen molar-refractivity contribution in [3.8, 4) is 0 Å². The van der Waals surface area contributed by atoms with Gasteiger partial charge in [0, 0.05) is 29.4 Å². The Bertz CT molecular complexity index is 761. The lowest BCUT2D eigenvalue weighted by Crippen LogP contribution is -1.98. The van der Waals surface area contributed by atoms with Gasteiger partial charge in [-0.15, -0.1) is 0 Å². The third kappa shape index (κ3) is 2.85. The van der Waals surface area contributed by atoms with Gasteiger partial charge in [0.1, 0.15) is 5.82 Å². The van der Waals surface area contributed by atoms with Crippen LogP contribution in [0, 0.1) is 6.92 Å². The number of anilines is 1. The lowest BCUT2D eigenvalue weighted by molar-refractivity contribution is 0.675. The van der Waals surface area contributed by atoms with E-state index in [1.54, 1.807) is 17.8 Å². The van der Waals surface area contributed by atoms with Crippen LogP contribution in [-0.2, 0) is 12.3 Å². The maximum Gasteiger partial charge on any atom is 0.190 e. The summed E-state index contributed by atoms with van der Waals surface area (Å²) in [5.41, 5.74) is 8.87. The summed E-state index contributed by atoms with van der Waals surface area (Å²) >= 11 is 1.56. The number of nitrogens with zero attached hydrogens (tertiary/aromatic N) is 4. The van der Waals surface area contributed by atoms with Gasteiger partial charge in [0.2, 0.25) is 0 Å². The van der Waals surface area contributed by atoms with Crippen LogP contribution in [0.15, 0.2) is 35.5 Å². The van der Waals surface area contributed by atoms with E-state index in [0.717, 1.165) is 23.7 Å². The molecule has 0 radical (unpaired) electrons. The highest BCUT2D eigenvalue weighted by Gasteiger charge is 2.10. The minimum Gasteiger partial charge on any atom is -0.384 e. The zero-order valence-electron chi connectivity index (χ0n) is 12.1. The molecule has 0 atom stereocenters. The number of aryl methyl sites for hydroxylation is 2. The van der Waals surface area contributed by atoms with Crippen LogP contribution in [-0.4, -0.2) is 19.7 Å². The Morgan fingerprint density at radius 1 is 1.24 bits per heavy atom. The second-order valence-electron chi connectivity index (χ2n) is 4.79. The molecule has 2 N–H and O–H groups in total. The van der Waals surface area contributed by atoms with Gasteiger partial charge in [-0.05, 0) is 19.9 Å². The van der Waals surface area contributed by atoms with Crippen molar-refractivity contribution in [2.75, 3.05) is 5.73 Å². The van der Waals surface area contributed by atoms with Gasteiger partial charge in [-0.3, -0.25) is 4.68 Å². The molecule has 21 heavy (non-hydrogen) atoms. The van der Waals surface area contributed by atoms with Gasteiger partial charge in [-0.25, -0.2) is 9.97 Å². The van der Waals surface area contributed by atoms with Crippen molar-refractivity contribution >= 4 is 28.5 Å². The molecule has 0 fully saturated rings. The minimum absolute atomic E-state index is 0.508. The Labute approximate surface area is 127 Å². The molecule has 2 aromatic heterocycles. The van der Waals surface area contributed by atoms with Crippen molar-refractivity contribution < 1.29 is 0 Å². The largest absolute Gasteiger partial charge is 0.384 e. The molecule has 0 unspecified atom stereocenters. The monoisotopic (exact) mass is 299 g/mol. The van der Waals surface area contributed by atoms with Crippen LogP contribution < -0.4 is 5.73 Å². The first-order chi connectivity index (χ1) is 10.2. The summed E-state index contributed by atoms with van der Waals surface area (Å²) in [6.07, 6.45) is 0. The molecule has 0 aliphatic heterocycles. The van der Waals surface area contributed by atoms with Crippen molar-refractivity contribution in [1.29, 1.82) is 0 Å². The predicted octanol–water partition coefficient (Wildman–Crippen LogP) is 3.03. The van der Waals surface area contributed by atoms with Crippen molar-refractivity contribution in [2.24, 2.45) is 0 Å². The highest BCUT2D eigenvalue weighted by Crippen LogP contribution is 2.25. The number of aromatic nitrogens is 4. The van der Waals surface area contributed by atoms with Crippen LogP contribution in [0.2, 0.25) is 0 Å². The third-order valence-corrected chi connectivity index (χ3v) is 4.08. The predicted molar refractivity (Wildman–Crippen MR) is 86.1 cm³/mol. The van der Waals surface area contributed by atoms with Gasteiger partial charge in [0.05, 0.1) is 11.2 Å². The molecule has 0 bridgehead atoms. The summed E-state index contributed by atoms with van der Waals surface area (Å²) in [4.78, 5) is 8.64. The average Bonchev–Trinajstić information content (AvgIpc) is 2.82. The van der Waals surface area contributed by atoms with E-state index < -0.39 is 0 Å². The van der Waals surface area contributed by atoms with Crippen LogP contribution in [0.1, 0.15) is 18.3 Å². The number of fused-ring (bicyclic) bond motifs is 1. The zero-order chi connectivity index (χ0) is 14.8. The smallest absolute Gasteiger partial charge is 0.190 e. The molecule has 0 aliphatic carbocycles. The molecule has 3 aromatic rings. The van der Waals surface area contributed by atoms with E-state index in [0.29, 0.717) is 11.0 Å². The van der Waals surface area contributed by atoms with E-state index in [4.69, 9.17) is 5.73 Å². The second kappa shape index (κ2) is 5.73. The van der Waals surface area contributed by atoms with E-state index >= 15 is 0 Å². The summed E-state index contributed by atoms with van der Waals surface area (Å²) < 4.78 is 2.02. The number of thioether (sulfide) groups is 1. The zero-order valence-corrected chi connectivity index (χ0v) is 12.9. The number of nitrogen functional groups attached to an aromatic ring is 1. The highest BCUT2D eigenvalue weighted by atomic mass is 32.2. The number of hydrogen-bond acceptors (Lipinski definition) is 5. The van der Waals surface area contributed by atoms with Crippen molar-refractivity contribution in [2.45, 2.75) is 31.3 Å². The quantitative estimate of drug-likeness (QED) is 0.592. The molecular formula is C15H17N5S. The van der Waals surface area contributed by atoms with Crippen molar-refractivity contribution in [1.82, 2.24) is 19.7 Å². The molecule has 0 aliphatic rings. The Morgan fingerprint density at radius 2 is 2.05 bits per heavy atom. The minimum atomic E-state index is 0.508. The lowest BCUT2D eigenvalue weighted by Gasteiger charge is -2.01. The molecular weight excluding hydrogens is 282 g/mol. The first-order valence-electron chi connectivity index (χ1n) is 6.85. The molecule has 5 nitrogen and oxygen atoms in total. The number of rotatable bonds is 4. The van der Waals surface area contributed by atoms with Gasteiger partial charge in [0.25, 0.3) is 0 Å². The molecule has 6 heteroatoms. The Balaban J connectivity index is 1.88. The van der Waals surface area contributed by atoms with Gasteiger partial charge in [-0.2, -0.15) is 5.10 Å². The fraction of sp³-hybridized carbons (Fsp3) is 0.267. The van der Waals surface area contributed by atoms with Crippen LogP contribution in [0.4, 0.5) is 5.82 Å². The molecule has 1 aromatic carbocycles. The Kier molecular flexibility index (Phi) is 3.79. The normalized spacial score (nSPS) is 11.1. The first kappa shape index (κ1) is 13.9. The molecule has 0 saturated carbocycles. The number of para-hydroxylation sites is 1. The standard InChI is InChI=1S/C15H17N5S/c1-3-20-13-7-5-4-6-11(13)12(19-20)9-21-15-17-10(2)8-14(16)18-15/h4-8H,3,9H2,1-2H3,(H2,16,17,18). The van der Waals surface area contributed by atoms with Crippen LogP contribution in [0.3, 0.4) is 0 Å². The number of benzene rings is 1. The van der Waals surface area contributed by atoms with E-state index in [-0.39, 0.29) is 0 Å². The topological polar surface area (TPSA) is 69.6 Å². The molecule has 0 saturated heterocycles. The van der Waals surface area contributed by atoms with Crippen molar-refractivity contribution in [3.05, 3.63) is 41.7 Å². The summed E-state index contributed by atoms with van der Waals surface area (Å²) in [5.74, 6) is 1.24. The van der Waals surface area contributed by atoms with E-state index in [2.05, 4.69) is 34.1 Å². The van der Waals surface area contributed by atoms with E-state index in [1.807, 2.05) is 23.7 Å². The summed E-state index contributed by atoms with van der Waals surface area (Å²) in [7, 11) is 0. The molecule has 108 valence electrons. The lowest BCUT2D eigenvalue weighted by atomic mass is 10.2. The molecule has 2 heterocycles. The SMILES string of the molecule is CCn1nc(CSc2nc(C)cc(N)n2)c2ccccc21. The van der Waals surface area contributed by atoms with Gasteiger partial charge < -0.3 is 5.73 Å². The fourth-order valence-corrected chi connectivity index (χ4v) is 3.16. The maximum atomic E-state index is 5.76. The summed E-state index contributed by atoms with van der Waals surface area (Å²) in [6.45, 7) is 4.88. The van der Waals surface area contributed by atoms with Gasteiger partial charge in [-0.1, -0.05) is 30.0 Å². The van der Waals surface area contributed by atoms with Crippen LogP contribution >= 0.6 is 11.8 Å². The first-order valence-corrected chi connectivity index (χ1v) is 7.84. The number of hydrogen-bond donors (Lipinski definition) is 1. The molecule has 0 amide bonds. The Hall–Kier alpha value is -2.08. The third-order valence-electron chi connectivity index (χ3n) is 3.23. The average molecular weight is 299 g/mol. The molecule has 3 rings (SSSR count). The maximum absolute atomic E-state index is 5.76. The van der Waals surface area contributed by atoms with Crippen LogP contribution in [0.25, 0.3) is 10.9 Å². The fourth-order valence-electron chi connectivity index (χ4n) is 2.31. The van der Waals surface area contributed by atoms with Gasteiger partial charge in [0.15, 0.2) is 5.16 Å². The van der Waals surface area contributed by atoms with Crippen LogP contribution in [0.5, 0.6) is 0 Å². The summed E-state index contributed by atoms with van der Waals surface area (Å²) in [5, 5.41) is 6.56. The number of nitrogens with two attached hydrogens (primary N) is 1. The highest BCUT2D eigenvalue weighted by molar-refractivity contribution is 7.98.